The van der Waals surface area contributed by atoms with Crippen LogP contribution in [0.25, 0.3) is 0 Å². The summed E-state index contributed by atoms with van der Waals surface area (Å²) < 4.78 is 38.3. The zero-order chi connectivity index (χ0) is 24.3. The molecule has 0 spiro atoms. The van der Waals surface area contributed by atoms with Crippen LogP contribution in [0.1, 0.15) is 44.6 Å². The Hall–Kier alpha value is -2.36. The van der Waals surface area contributed by atoms with Gasteiger partial charge in [-0.25, -0.2) is 4.98 Å². The molecule has 7 nitrogen and oxygen atoms in total. The summed E-state index contributed by atoms with van der Waals surface area (Å²) in [7, 11) is 0. The number of rotatable bonds is 5. The van der Waals surface area contributed by atoms with Crippen molar-refractivity contribution in [3.8, 4) is 0 Å². The lowest BCUT2D eigenvalue weighted by atomic mass is 9.48. The number of anilines is 1. The fourth-order valence-corrected chi connectivity index (χ4v) is 7.05. The second-order valence-electron chi connectivity index (χ2n) is 10.7. The number of nitrogens with one attached hydrogen (secondary N) is 1. The number of hydrogen-bond acceptors (Lipinski definition) is 5. The van der Waals surface area contributed by atoms with Crippen LogP contribution < -0.4 is 10.2 Å². The van der Waals surface area contributed by atoms with Gasteiger partial charge in [-0.15, -0.1) is 0 Å². The molecule has 2 N–H and O–H groups in total. The highest BCUT2D eigenvalue weighted by atomic mass is 19.4. The molecule has 1 amide bonds. The monoisotopic (exact) mass is 480 g/mol. The molecule has 1 aromatic rings. The quantitative estimate of drug-likeness (QED) is 0.674. The number of carboxylic acids is 1. The van der Waals surface area contributed by atoms with Crippen LogP contribution in [0, 0.1) is 23.2 Å². The first-order valence-corrected chi connectivity index (χ1v) is 12.1. The van der Waals surface area contributed by atoms with Gasteiger partial charge in [0.1, 0.15) is 5.82 Å². The number of carboxylic acid groups (broad SMARTS) is 1. The van der Waals surface area contributed by atoms with Crippen molar-refractivity contribution in [2.75, 3.05) is 31.1 Å². The van der Waals surface area contributed by atoms with E-state index >= 15 is 0 Å². The number of aromatic nitrogens is 1. The van der Waals surface area contributed by atoms with Gasteiger partial charge in [-0.05, 0) is 68.9 Å². The molecule has 2 unspecified atom stereocenters. The van der Waals surface area contributed by atoms with Gasteiger partial charge in [0.25, 0.3) is 0 Å². The third kappa shape index (κ3) is 4.14. The summed E-state index contributed by atoms with van der Waals surface area (Å²) in [6.07, 6.45) is 0.564. The Balaban J connectivity index is 1.15. The topological polar surface area (TPSA) is 85.8 Å². The Bertz CT molecular complexity index is 930. The maximum Gasteiger partial charge on any atom is 0.417 e. The van der Waals surface area contributed by atoms with Crippen molar-refractivity contribution in [2.45, 2.75) is 57.3 Å². The lowest BCUT2D eigenvalue weighted by molar-refractivity contribution is -0.168. The first-order chi connectivity index (χ1) is 16.1. The molecule has 5 aliphatic rings. The van der Waals surface area contributed by atoms with Crippen LogP contribution in [0.3, 0.4) is 0 Å². The smallest absolute Gasteiger partial charge is 0.417 e. The maximum absolute atomic E-state index is 13.1. The molecule has 5 fully saturated rings. The second kappa shape index (κ2) is 8.39. The molecule has 1 aliphatic heterocycles. The molecule has 10 heteroatoms. The van der Waals surface area contributed by atoms with Crippen molar-refractivity contribution in [2.24, 2.45) is 23.2 Å². The summed E-state index contributed by atoms with van der Waals surface area (Å²) in [5, 5.41) is 13.1. The molecule has 3 atom stereocenters. The molecule has 34 heavy (non-hydrogen) atoms. The molecule has 4 saturated carbocycles. The SMILES string of the molecule is C[C@@H](C(=O)NC1C2CC3CC1CC(C(=O)O)(C3)C2)N1CCN(c2ccc(C(F)(F)F)cn2)CC1. The van der Waals surface area contributed by atoms with Crippen LogP contribution in [0.5, 0.6) is 0 Å². The van der Waals surface area contributed by atoms with E-state index in [2.05, 4.69) is 15.2 Å². The molecule has 186 valence electrons. The van der Waals surface area contributed by atoms with Crippen LogP contribution in [0.15, 0.2) is 18.3 Å². The fourth-order valence-electron chi connectivity index (χ4n) is 7.05. The van der Waals surface area contributed by atoms with E-state index in [1.165, 1.54) is 6.07 Å². The lowest BCUT2D eigenvalue weighted by Crippen LogP contribution is -2.63. The highest BCUT2D eigenvalue weighted by molar-refractivity contribution is 5.82. The molecule has 2 heterocycles. The van der Waals surface area contributed by atoms with Gasteiger partial charge in [-0.2, -0.15) is 13.2 Å². The van der Waals surface area contributed by atoms with Crippen molar-refractivity contribution in [3.05, 3.63) is 23.9 Å². The van der Waals surface area contributed by atoms with E-state index in [-0.39, 0.29) is 29.8 Å². The Labute approximate surface area is 196 Å². The van der Waals surface area contributed by atoms with Gasteiger partial charge in [0, 0.05) is 38.4 Å². The molecule has 1 aromatic heterocycles. The largest absolute Gasteiger partial charge is 0.481 e. The molecule has 0 radical (unpaired) electrons. The number of nitrogens with zero attached hydrogens (tertiary/aromatic N) is 3. The van der Waals surface area contributed by atoms with Crippen molar-refractivity contribution in [1.29, 1.82) is 0 Å². The molecular weight excluding hydrogens is 449 g/mol. The fraction of sp³-hybridized carbons (Fsp3) is 0.708. The van der Waals surface area contributed by atoms with Crippen molar-refractivity contribution in [1.82, 2.24) is 15.2 Å². The number of piperazine rings is 1. The third-order valence-corrected chi connectivity index (χ3v) is 8.68. The Kier molecular flexibility index (Phi) is 5.77. The van der Waals surface area contributed by atoms with Gasteiger partial charge in [-0.1, -0.05) is 0 Å². The van der Waals surface area contributed by atoms with E-state index in [1.807, 2.05) is 11.8 Å². The van der Waals surface area contributed by atoms with Gasteiger partial charge >= 0.3 is 12.1 Å². The molecule has 4 aliphatic carbocycles. The summed E-state index contributed by atoms with van der Waals surface area (Å²) in [5.41, 5.74) is -1.36. The van der Waals surface area contributed by atoms with Crippen LogP contribution in [0.2, 0.25) is 0 Å². The number of halogens is 3. The number of carbonyl (C=O) groups excluding carboxylic acids is 1. The molecular formula is C24H31F3N4O3. The molecule has 4 bridgehead atoms. The van der Waals surface area contributed by atoms with Crippen LogP contribution in [-0.2, 0) is 15.8 Å². The zero-order valence-corrected chi connectivity index (χ0v) is 19.2. The minimum atomic E-state index is -4.40. The average molecular weight is 481 g/mol. The summed E-state index contributed by atoms with van der Waals surface area (Å²) in [6, 6.07) is 2.17. The number of hydrogen-bond donors (Lipinski definition) is 2. The number of pyridine rings is 1. The van der Waals surface area contributed by atoms with Crippen molar-refractivity contribution >= 4 is 17.7 Å². The van der Waals surface area contributed by atoms with Gasteiger partial charge in [0.15, 0.2) is 0 Å². The number of amides is 1. The molecule has 6 rings (SSSR count). The predicted molar refractivity (Wildman–Crippen MR) is 118 cm³/mol. The Morgan fingerprint density at radius 3 is 2.29 bits per heavy atom. The minimum Gasteiger partial charge on any atom is -0.481 e. The van der Waals surface area contributed by atoms with E-state index in [1.54, 1.807) is 0 Å². The van der Waals surface area contributed by atoms with E-state index in [9.17, 15) is 27.9 Å². The highest BCUT2D eigenvalue weighted by Crippen LogP contribution is 2.60. The van der Waals surface area contributed by atoms with Gasteiger partial charge in [-0.3, -0.25) is 14.5 Å². The number of alkyl halides is 3. The Morgan fingerprint density at radius 1 is 1.12 bits per heavy atom. The molecule has 1 saturated heterocycles. The predicted octanol–water partition coefficient (Wildman–Crippen LogP) is 3.01. The van der Waals surface area contributed by atoms with Crippen LogP contribution >= 0.6 is 0 Å². The van der Waals surface area contributed by atoms with Gasteiger partial charge in [0.2, 0.25) is 5.91 Å². The highest BCUT2D eigenvalue weighted by Gasteiger charge is 2.59. The summed E-state index contributed by atoms with van der Waals surface area (Å²) >= 11 is 0. The number of carbonyl (C=O) groups is 2. The van der Waals surface area contributed by atoms with E-state index in [0.717, 1.165) is 31.5 Å². The van der Waals surface area contributed by atoms with Crippen LogP contribution in [0.4, 0.5) is 19.0 Å². The summed E-state index contributed by atoms with van der Waals surface area (Å²) in [4.78, 5) is 33.1. The maximum atomic E-state index is 13.1. The first-order valence-electron chi connectivity index (χ1n) is 12.1. The lowest BCUT2D eigenvalue weighted by Gasteiger charge is -2.58. The second-order valence-corrected chi connectivity index (χ2v) is 10.7. The average Bonchev–Trinajstić information content (AvgIpc) is 2.80. The van der Waals surface area contributed by atoms with Crippen molar-refractivity contribution in [3.63, 3.8) is 0 Å². The normalized spacial score (nSPS) is 34.2. The zero-order valence-electron chi connectivity index (χ0n) is 19.2. The van der Waals surface area contributed by atoms with E-state index < -0.39 is 23.1 Å². The third-order valence-electron chi connectivity index (χ3n) is 8.68. The summed E-state index contributed by atoms with van der Waals surface area (Å²) in [5.74, 6) is 0.743. The number of aliphatic carboxylic acids is 1. The van der Waals surface area contributed by atoms with E-state index in [0.29, 0.717) is 50.8 Å². The van der Waals surface area contributed by atoms with Crippen molar-refractivity contribution < 1.29 is 27.9 Å². The first kappa shape index (κ1) is 23.4. The standard InChI is InChI=1S/C24H31F3N4O3/c1-14(30-4-6-31(7-5-30)19-3-2-18(13-28-19)24(25,26)27)21(32)29-20-16-8-15-9-17(20)12-23(10-15,11-16)22(33)34/h2-3,13-17,20H,4-12H2,1H3,(H,29,32)(H,33,34)/t14-,15?,16?,17?,20?,23?/m0/s1. The van der Waals surface area contributed by atoms with Gasteiger partial charge < -0.3 is 15.3 Å². The Morgan fingerprint density at radius 2 is 1.76 bits per heavy atom. The molecule has 0 aromatic carbocycles. The summed E-state index contributed by atoms with van der Waals surface area (Å²) in [6.45, 7) is 4.26. The van der Waals surface area contributed by atoms with Gasteiger partial charge in [0.05, 0.1) is 17.0 Å². The van der Waals surface area contributed by atoms with Crippen LogP contribution in [-0.4, -0.2) is 65.1 Å². The minimum absolute atomic E-state index is 0.0250. The van der Waals surface area contributed by atoms with E-state index in [4.69, 9.17) is 0 Å².